The van der Waals surface area contributed by atoms with Gasteiger partial charge in [-0.15, -0.1) is 0 Å². The van der Waals surface area contributed by atoms with E-state index >= 15 is 0 Å². The van der Waals surface area contributed by atoms with Crippen molar-refractivity contribution in [3.05, 3.63) is 77.8 Å². The van der Waals surface area contributed by atoms with Gasteiger partial charge in [0.2, 0.25) is 11.6 Å². The fourth-order valence-corrected chi connectivity index (χ4v) is 3.09. The van der Waals surface area contributed by atoms with Crippen molar-refractivity contribution in [1.29, 1.82) is 0 Å². The summed E-state index contributed by atoms with van der Waals surface area (Å²) in [5, 5.41) is 8.83. The molecule has 1 unspecified atom stereocenters. The van der Waals surface area contributed by atoms with E-state index in [4.69, 9.17) is 9.52 Å². The number of aromatic carboxylic acids is 1. The Morgan fingerprint density at radius 1 is 1.07 bits per heavy atom. The highest BCUT2D eigenvalue weighted by Gasteiger charge is 2.41. The smallest absolute Gasteiger partial charge is 0.392 e. The van der Waals surface area contributed by atoms with Gasteiger partial charge >= 0.3 is 12.1 Å². The Balaban J connectivity index is 0.000000299. The van der Waals surface area contributed by atoms with Gasteiger partial charge in [0.05, 0.1) is 5.92 Å². The lowest BCUT2D eigenvalue weighted by Crippen LogP contribution is -2.29. The molecule has 1 aliphatic carbocycles. The third-order valence-corrected chi connectivity index (χ3v) is 4.45. The Labute approximate surface area is 153 Å². The van der Waals surface area contributed by atoms with Crippen molar-refractivity contribution in [2.45, 2.75) is 25.4 Å². The van der Waals surface area contributed by atoms with Crippen LogP contribution in [0.15, 0.2) is 65.2 Å². The van der Waals surface area contributed by atoms with E-state index in [1.807, 2.05) is 36.4 Å². The van der Waals surface area contributed by atoms with Crippen LogP contribution >= 0.6 is 0 Å². The molecule has 4 rings (SSSR count). The topological polar surface area (TPSA) is 55.4 Å². The van der Waals surface area contributed by atoms with Crippen molar-refractivity contribution in [3.8, 4) is 5.88 Å². The average molecular weight is 377 g/mol. The summed E-state index contributed by atoms with van der Waals surface area (Å²) in [7, 11) is 0. The summed E-state index contributed by atoms with van der Waals surface area (Å²) < 4.78 is 45.1. The van der Waals surface area contributed by atoms with Gasteiger partial charge in [0.15, 0.2) is 0 Å². The second-order valence-corrected chi connectivity index (χ2v) is 6.24. The number of rotatable bonds is 2. The molecule has 1 N–H and O–H groups in total. The number of furan rings is 1. The van der Waals surface area contributed by atoms with Gasteiger partial charge in [0.25, 0.3) is 0 Å². The molecule has 2 aromatic heterocycles. The van der Waals surface area contributed by atoms with Gasteiger partial charge in [-0.3, -0.25) is 4.57 Å². The molecule has 3 aromatic rings. The Kier molecular flexibility index (Phi) is 5.39. The molecule has 0 saturated heterocycles. The van der Waals surface area contributed by atoms with Crippen LogP contribution in [0.5, 0.6) is 0 Å². The van der Waals surface area contributed by atoms with E-state index in [0.717, 1.165) is 5.69 Å². The summed E-state index contributed by atoms with van der Waals surface area (Å²) in [5.41, 5.74) is 1.39. The van der Waals surface area contributed by atoms with Gasteiger partial charge in [0.1, 0.15) is 0 Å². The second kappa shape index (κ2) is 7.73. The van der Waals surface area contributed by atoms with Gasteiger partial charge in [-0.25, -0.2) is 4.79 Å². The molecule has 27 heavy (non-hydrogen) atoms. The van der Waals surface area contributed by atoms with Gasteiger partial charge in [-0.1, -0.05) is 36.4 Å². The lowest BCUT2D eigenvalue weighted by atomic mass is 9.87. The average Bonchev–Trinajstić information content (AvgIpc) is 3.29. The summed E-state index contributed by atoms with van der Waals surface area (Å²) in [4.78, 5) is 10.8. The van der Waals surface area contributed by atoms with Gasteiger partial charge in [-0.2, -0.15) is 13.2 Å². The predicted octanol–water partition coefficient (Wildman–Crippen LogP) is 5.12. The fourth-order valence-electron chi connectivity index (χ4n) is 3.09. The first kappa shape index (κ1) is 18.8. The maximum atomic E-state index is 12.8. The maximum Gasteiger partial charge on any atom is 0.392 e. The number of halogens is 3. The number of alkyl halides is 3. The fraction of sp³-hybridized carbons (Fsp3) is 0.250. The molecule has 1 atom stereocenters. The molecule has 0 aliphatic heterocycles. The Hall–Kier alpha value is -2.96. The van der Waals surface area contributed by atoms with Crippen LogP contribution in [-0.2, 0) is 12.8 Å². The molecule has 2 heterocycles. The van der Waals surface area contributed by atoms with E-state index in [2.05, 4.69) is 0 Å². The molecule has 0 amide bonds. The number of benzene rings is 1. The molecule has 142 valence electrons. The van der Waals surface area contributed by atoms with Crippen molar-refractivity contribution < 1.29 is 27.5 Å². The van der Waals surface area contributed by atoms with Crippen LogP contribution in [-0.4, -0.2) is 21.8 Å². The zero-order chi connectivity index (χ0) is 19.4. The SMILES string of the molecule is O=C(O)c1ccc(-n2ccc3c2CCC(C(F)(F)F)C3)o1.c1ccccc1. The van der Waals surface area contributed by atoms with Crippen LogP contribution in [0.2, 0.25) is 0 Å². The number of carboxylic acid groups (broad SMARTS) is 1. The minimum Gasteiger partial charge on any atom is -0.475 e. The minimum atomic E-state index is -4.18. The largest absolute Gasteiger partial charge is 0.475 e. The summed E-state index contributed by atoms with van der Waals surface area (Å²) in [6.07, 6.45) is -2.28. The van der Waals surface area contributed by atoms with Gasteiger partial charge in [-0.05, 0) is 37.0 Å². The number of hydrogen-bond acceptors (Lipinski definition) is 2. The third-order valence-electron chi connectivity index (χ3n) is 4.45. The summed E-state index contributed by atoms with van der Waals surface area (Å²) in [5.74, 6) is -2.39. The first-order valence-electron chi connectivity index (χ1n) is 8.45. The third kappa shape index (κ3) is 4.42. The lowest BCUT2D eigenvalue weighted by molar-refractivity contribution is -0.177. The number of nitrogens with zero attached hydrogens (tertiary/aromatic N) is 1. The molecule has 4 nitrogen and oxygen atoms in total. The quantitative estimate of drug-likeness (QED) is 0.674. The predicted molar refractivity (Wildman–Crippen MR) is 93.0 cm³/mol. The number of aromatic nitrogens is 1. The van der Waals surface area contributed by atoms with Crippen LogP contribution in [0.1, 0.15) is 28.2 Å². The van der Waals surface area contributed by atoms with E-state index in [-0.39, 0.29) is 25.0 Å². The maximum absolute atomic E-state index is 12.8. The van der Waals surface area contributed by atoms with E-state index in [1.165, 1.54) is 12.1 Å². The highest BCUT2D eigenvalue weighted by Crippen LogP contribution is 2.38. The first-order chi connectivity index (χ1) is 12.9. The van der Waals surface area contributed by atoms with E-state index < -0.39 is 18.1 Å². The number of hydrogen-bond donors (Lipinski definition) is 1. The van der Waals surface area contributed by atoms with Crippen LogP contribution in [0.4, 0.5) is 13.2 Å². The Morgan fingerprint density at radius 2 is 1.70 bits per heavy atom. The second-order valence-electron chi connectivity index (χ2n) is 6.24. The zero-order valence-corrected chi connectivity index (χ0v) is 14.3. The van der Waals surface area contributed by atoms with Gasteiger partial charge < -0.3 is 9.52 Å². The molecule has 7 heteroatoms. The molecule has 0 spiro atoms. The van der Waals surface area contributed by atoms with E-state index in [0.29, 0.717) is 11.4 Å². The molecule has 1 aromatic carbocycles. The molecule has 0 bridgehead atoms. The van der Waals surface area contributed by atoms with Crippen LogP contribution in [0.3, 0.4) is 0 Å². The lowest BCUT2D eigenvalue weighted by Gasteiger charge is -2.25. The minimum absolute atomic E-state index is 0.0347. The Morgan fingerprint density at radius 3 is 2.22 bits per heavy atom. The van der Waals surface area contributed by atoms with Gasteiger partial charge in [0, 0.05) is 18.0 Å². The van der Waals surface area contributed by atoms with E-state index in [9.17, 15) is 18.0 Å². The van der Waals surface area contributed by atoms with Crippen molar-refractivity contribution >= 4 is 5.97 Å². The Bertz CT molecular complexity index is 870. The molecular weight excluding hydrogens is 359 g/mol. The standard InChI is InChI=1S/C14H12F3NO3.C6H6/c15-14(16,17)9-1-2-10-8(7-9)5-6-18(10)12-4-3-11(21-12)13(19)20;1-2-4-6-5-3-1/h3-6,9H,1-2,7H2,(H,19,20);1-6H. The number of carboxylic acids is 1. The molecule has 0 saturated carbocycles. The number of fused-ring (bicyclic) bond motifs is 1. The summed E-state index contributed by atoms with van der Waals surface area (Å²) in [6, 6.07) is 16.5. The highest BCUT2D eigenvalue weighted by molar-refractivity contribution is 5.84. The van der Waals surface area contributed by atoms with Crippen LogP contribution < -0.4 is 0 Å². The summed E-state index contributed by atoms with van der Waals surface area (Å²) in [6.45, 7) is 0. The van der Waals surface area contributed by atoms with Crippen molar-refractivity contribution in [2.75, 3.05) is 0 Å². The van der Waals surface area contributed by atoms with Crippen molar-refractivity contribution in [1.82, 2.24) is 4.57 Å². The highest BCUT2D eigenvalue weighted by atomic mass is 19.4. The van der Waals surface area contributed by atoms with Crippen LogP contribution in [0.25, 0.3) is 5.88 Å². The summed E-state index contributed by atoms with van der Waals surface area (Å²) >= 11 is 0. The zero-order valence-electron chi connectivity index (χ0n) is 14.3. The first-order valence-corrected chi connectivity index (χ1v) is 8.45. The van der Waals surface area contributed by atoms with Crippen molar-refractivity contribution in [2.24, 2.45) is 5.92 Å². The van der Waals surface area contributed by atoms with Crippen LogP contribution in [0, 0.1) is 5.92 Å². The molecule has 0 fully saturated rings. The van der Waals surface area contributed by atoms with Crippen molar-refractivity contribution in [3.63, 3.8) is 0 Å². The normalized spacial score (nSPS) is 16.2. The monoisotopic (exact) mass is 377 g/mol. The molecule has 1 aliphatic rings. The molecule has 0 radical (unpaired) electrons. The molecular formula is C20H18F3NO3. The van der Waals surface area contributed by atoms with E-state index in [1.54, 1.807) is 16.8 Å². The number of carbonyl (C=O) groups is 1.